The first-order chi connectivity index (χ1) is 9.69. The normalized spacial score (nSPS) is 25.1. The number of aromatic nitrogens is 1. The van der Waals surface area contributed by atoms with E-state index >= 15 is 0 Å². The van der Waals surface area contributed by atoms with Crippen LogP contribution < -0.4 is 0 Å². The van der Waals surface area contributed by atoms with E-state index in [9.17, 15) is 0 Å². The van der Waals surface area contributed by atoms with Crippen LogP contribution in [0.1, 0.15) is 69.1 Å². The van der Waals surface area contributed by atoms with Gasteiger partial charge in [-0.2, -0.15) is 0 Å². The summed E-state index contributed by atoms with van der Waals surface area (Å²) in [4.78, 5) is 7.26. The Hall–Kier alpha value is -0.120. The molecule has 0 saturated heterocycles. The number of alkyl halides is 1. The van der Waals surface area contributed by atoms with Crippen LogP contribution in [-0.2, 0) is 5.88 Å². The zero-order chi connectivity index (χ0) is 14.5. The number of thiazole rings is 1. The van der Waals surface area contributed by atoms with E-state index in [2.05, 4.69) is 31.2 Å². The average Bonchev–Trinajstić information content (AvgIpc) is 2.96. The van der Waals surface area contributed by atoms with Crippen LogP contribution in [-0.4, -0.2) is 23.0 Å². The maximum absolute atomic E-state index is 5.88. The molecule has 0 spiro atoms. The highest BCUT2D eigenvalue weighted by molar-refractivity contribution is 7.09. The van der Waals surface area contributed by atoms with Gasteiger partial charge in [-0.1, -0.05) is 20.3 Å². The van der Waals surface area contributed by atoms with Gasteiger partial charge in [0.15, 0.2) is 0 Å². The Morgan fingerprint density at radius 3 is 2.55 bits per heavy atom. The topological polar surface area (TPSA) is 16.1 Å². The Labute approximate surface area is 132 Å². The predicted molar refractivity (Wildman–Crippen MR) is 88.5 cm³/mol. The highest BCUT2D eigenvalue weighted by Crippen LogP contribution is 2.35. The quantitative estimate of drug-likeness (QED) is 0.668. The van der Waals surface area contributed by atoms with Crippen LogP contribution in [0.3, 0.4) is 0 Å². The standard InChI is InChI=1S/C16H27ClN2S/c1-4-12-6-8-14(9-7-12)19(3)15(5-2)16-18-13(10-17)11-20-16/h11-12,14-15H,4-10H2,1-3H3. The Bertz CT molecular complexity index is 399. The first kappa shape index (κ1) is 16.3. The minimum Gasteiger partial charge on any atom is -0.294 e. The van der Waals surface area contributed by atoms with Gasteiger partial charge in [0.1, 0.15) is 5.01 Å². The molecule has 0 N–H and O–H groups in total. The van der Waals surface area contributed by atoms with Gasteiger partial charge in [-0.15, -0.1) is 22.9 Å². The molecule has 1 aliphatic carbocycles. The summed E-state index contributed by atoms with van der Waals surface area (Å²) in [6.07, 6.45) is 7.95. The molecule has 20 heavy (non-hydrogen) atoms. The molecule has 1 unspecified atom stereocenters. The molecular weight excluding hydrogens is 288 g/mol. The maximum atomic E-state index is 5.88. The third kappa shape index (κ3) is 3.75. The zero-order valence-corrected chi connectivity index (χ0v) is 14.5. The van der Waals surface area contributed by atoms with Gasteiger partial charge in [-0.25, -0.2) is 4.98 Å². The lowest BCUT2D eigenvalue weighted by Gasteiger charge is -2.38. The second kappa shape index (κ2) is 7.77. The van der Waals surface area contributed by atoms with Crippen LogP contribution in [0.25, 0.3) is 0 Å². The summed E-state index contributed by atoms with van der Waals surface area (Å²) in [5.74, 6) is 1.49. The van der Waals surface area contributed by atoms with E-state index in [1.165, 1.54) is 37.1 Å². The molecule has 0 amide bonds. The lowest BCUT2D eigenvalue weighted by molar-refractivity contribution is 0.116. The van der Waals surface area contributed by atoms with Gasteiger partial charge in [-0.3, -0.25) is 4.90 Å². The Kier molecular flexibility index (Phi) is 6.31. The third-order valence-electron chi connectivity index (χ3n) is 4.84. The van der Waals surface area contributed by atoms with Crippen molar-refractivity contribution in [2.45, 2.75) is 70.3 Å². The lowest BCUT2D eigenvalue weighted by Crippen LogP contribution is -2.37. The molecule has 114 valence electrons. The summed E-state index contributed by atoms with van der Waals surface area (Å²) < 4.78 is 0. The Morgan fingerprint density at radius 1 is 1.35 bits per heavy atom. The summed E-state index contributed by atoms with van der Waals surface area (Å²) >= 11 is 7.65. The monoisotopic (exact) mass is 314 g/mol. The van der Waals surface area contributed by atoms with Crippen molar-refractivity contribution in [2.24, 2.45) is 5.92 Å². The minimum absolute atomic E-state index is 0.458. The molecule has 0 aliphatic heterocycles. The SMILES string of the molecule is CCC1CCC(N(C)C(CC)c2nc(CCl)cs2)CC1. The van der Waals surface area contributed by atoms with E-state index in [4.69, 9.17) is 16.6 Å². The second-order valence-corrected chi connectivity index (χ2v) is 7.14. The van der Waals surface area contributed by atoms with Gasteiger partial charge in [-0.05, 0) is 45.1 Å². The minimum atomic E-state index is 0.458. The summed E-state index contributed by atoms with van der Waals surface area (Å²) in [5, 5.41) is 3.34. The molecule has 0 aromatic carbocycles. The lowest BCUT2D eigenvalue weighted by atomic mass is 9.83. The molecule has 1 aromatic rings. The smallest absolute Gasteiger partial charge is 0.110 e. The van der Waals surface area contributed by atoms with Crippen molar-refractivity contribution in [2.75, 3.05) is 7.05 Å². The van der Waals surface area contributed by atoms with Crippen molar-refractivity contribution in [1.82, 2.24) is 9.88 Å². The molecule has 2 nitrogen and oxygen atoms in total. The van der Waals surface area contributed by atoms with Gasteiger partial charge < -0.3 is 0 Å². The fraction of sp³-hybridized carbons (Fsp3) is 0.812. The highest BCUT2D eigenvalue weighted by Gasteiger charge is 2.28. The largest absolute Gasteiger partial charge is 0.294 e. The van der Waals surface area contributed by atoms with Gasteiger partial charge in [0.25, 0.3) is 0 Å². The zero-order valence-electron chi connectivity index (χ0n) is 12.9. The Balaban J connectivity index is 2.00. The molecule has 4 heteroatoms. The third-order valence-corrected chi connectivity index (χ3v) is 6.11. The molecule has 1 aromatic heterocycles. The van der Waals surface area contributed by atoms with E-state index in [0.717, 1.165) is 24.1 Å². The van der Waals surface area contributed by atoms with Gasteiger partial charge in [0.2, 0.25) is 0 Å². The summed E-state index contributed by atoms with van der Waals surface area (Å²) in [6.45, 7) is 4.59. The van der Waals surface area contributed by atoms with E-state index < -0.39 is 0 Å². The molecular formula is C16H27ClN2S. The fourth-order valence-corrected chi connectivity index (χ4v) is 4.67. The molecule has 1 aliphatic rings. The van der Waals surface area contributed by atoms with Crippen molar-refractivity contribution in [1.29, 1.82) is 0 Å². The van der Waals surface area contributed by atoms with E-state index in [1.54, 1.807) is 11.3 Å². The van der Waals surface area contributed by atoms with Crippen molar-refractivity contribution in [3.05, 3.63) is 16.1 Å². The second-order valence-electron chi connectivity index (χ2n) is 5.98. The summed E-state index contributed by atoms with van der Waals surface area (Å²) in [7, 11) is 2.28. The predicted octanol–water partition coefficient (Wildman–Crippen LogP) is 5.23. The Morgan fingerprint density at radius 2 is 2.05 bits per heavy atom. The maximum Gasteiger partial charge on any atom is 0.110 e. The van der Waals surface area contributed by atoms with Crippen LogP contribution in [0.15, 0.2) is 5.38 Å². The summed E-state index contributed by atoms with van der Waals surface area (Å²) in [6, 6.07) is 1.19. The average molecular weight is 315 g/mol. The van der Waals surface area contributed by atoms with Gasteiger partial charge in [0.05, 0.1) is 17.6 Å². The van der Waals surface area contributed by atoms with Gasteiger partial charge >= 0.3 is 0 Å². The molecule has 2 rings (SSSR count). The first-order valence-electron chi connectivity index (χ1n) is 7.91. The molecule has 0 bridgehead atoms. The molecule has 0 radical (unpaired) electrons. The van der Waals surface area contributed by atoms with E-state index in [-0.39, 0.29) is 0 Å². The van der Waals surface area contributed by atoms with Crippen LogP contribution in [0.2, 0.25) is 0 Å². The molecule has 1 saturated carbocycles. The highest BCUT2D eigenvalue weighted by atomic mass is 35.5. The van der Waals surface area contributed by atoms with Crippen molar-refractivity contribution >= 4 is 22.9 Å². The van der Waals surface area contributed by atoms with Crippen molar-refractivity contribution < 1.29 is 0 Å². The van der Waals surface area contributed by atoms with Crippen LogP contribution in [0, 0.1) is 5.92 Å². The molecule has 1 fully saturated rings. The van der Waals surface area contributed by atoms with Crippen LogP contribution >= 0.6 is 22.9 Å². The van der Waals surface area contributed by atoms with Crippen LogP contribution in [0.5, 0.6) is 0 Å². The van der Waals surface area contributed by atoms with Crippen LogP contribution in [0.4, 0.5) is 0 Å². The van der Waals surface area contributed by atoms with Gasteiger partial charge in [0, 0.05) is 11.4 Å². The fourth-order valence-electron chi connectivity index (χ4n) is 3.39. The van der Waals surface area contributed by atoms with E-state index in [0.29, 0.717) is 11.9 Å². The van der Waals surface area contributed by atoms with Crippen molar-refractivity contribution in [3.8, 4) is 0 Å². The number of nitrogens with zero attached hydrogens (tertiary/aromatic N) is 2. The number of halogens is 1. The summed E-state index contributed by atoms with van der Waals surface area (Å²) in [5.41, 5.74) is 1.02. The molecule has 1 atom stereocenters. The first-order valence-corrected chi connectivity index (χ1v) is 9.33. The molecule has 1 heterocycles. The van der Waals surface area contributed by atoms with E-state index in [1.807, 2.05) is 0 Å². The number of hydrogen-bond donors (Lipinski definition) is 0. The number of rotatable bonds is 6. The van der Waals surface area contributed by atoms with Crippen molar-refractivity contribution in [3.63, 3.8) is 0 Å². The number of hydrogen-bond acceptors (Lipinski definition) is 3.